The molecular weight excluding hydrogens is 367 g/mol. The van der Waals surface area contributed by atoms with Gasteiger partial charge in [-0.2, -0.15) is 0 Å². The van der Waals surface area contributed by atoms with E-state index in [4.69, 9.17) is 4.74 Å². The van der Waals surface area contributed by atoms with Crippen molar-refractivity contribution in [2.45, 2.75) is 38.5 Å². The molecule has 29 heavy (non-hydrogen) atoms. The van der Waals surface area contributed by atoms with Crippen LogP contribution in [-0.4, -0.2) is 42.1 Å². The van der Waals surface area contributed by atoms with Crippen molar-refractivity contribution in [2.24, 2.45) is 11.3 Å². The van der Waals surface area contributed by atoms with E-state index < -0.39 is 5.41 Å². The van der Waals surface area contributed by atoms with Gasteiger partial charge >= 0.3 is 0 Å². The number of rotatable bonds is 5. The molecule has 2 aromatic rings. The zero-order valence-electron chi connectivity index (χ0n) is 16.9. The molecule has 1 aromatic heterocycles. The minimum absolute atomic E-state index is 0.176. The molecular formula is C24H29FN2O2. The minimum atomic E-state index is -0.562. The summed E-state index contributed by atoms with van der Waals surface area (Å²) < 4.78 is 19.9. The third kappa shape index (κ3) is 4.67. The number of carbonyl (C=O) groups excluding carboxylic acids is 1. The predicted octanol–water partition coefficient (Wildman–Crippen LogP) is 4.04. The van der Waals surface area contributed by atoms with Crippen molar-refractivity contribution in [3.63, 3.8) is 0 Å². The van der Waals surface area contributed by atoms with E-state index in [2.05, 4.69) is 11.1 Å². The number of carbonyl (C=O) groups is 1. The Morgan fingerprint density at radius 1 is 1.17 bits per heavy atom. The van der Waals surface area contributed by atoms with Crippen molar-refractivity contribution in [3.05, 3.63) is 65.7 Å². The van der Waals surface area contributed by atoms with E-state index in [-0.39, 0.29) is 11.7 Å². The number of nitrogens with zero attached hydrogens (tertiary/aromatic N) is 2. The molecule has 1 amide bonds. The van der Waals surface area contributed by atoms with Gasteiger partial charge in [-0.15, -0.1) is 0 Å². The third-order valence-corrected chi connectivity index (χ3v) is 6.42. The first-order chi connectivity index (χ1) is 14.2. The molecule has 154 valence electrons. The Labute approximate surface area is 172 Å². The van der Waals surface area contributed by atoms with Crippen molar-refractivity contribution in [1.82, 2.24) is 9.88 Å². The van der Waals surface area contributed by atoms with E-state index in [1.54, 1.807) is 12.1 Å². The Balaban J connectivity index is 1.50. The lowest BCUT2D eigenvalue weighted by atomic mass is 9.73. The molecule has 0 saturated carbocycles. The van der Waals surface area contributed by atoms with Crippen LogP contribution in [0, 0.1) is 17.2 Å². The number of benzene rings is 1. The van der Waals surface area contributed by atoms with Gasteiger partial charge in [0.05, 0.1) is 5.41 Å². The lowest BCUT2D eigenvalue weighted by Crippen LogP contribution is -2.51. The number of amides is 1. The zero-order chi connectivity index (χ0) is 20.1. The second-order valence-electron chi connectivity index (χ2n) is 8.45. The molecule has 2 fully saturated rings. The maximum atomic E-state index is 14.4. The average Bonchev–Trinajstić information content (AvgIpc) is 2.76. The zero-order valence-corrected chi connectivity index (χ0v) is 16.9. The molecule has 2 saturated heterocycles. The van der Waals surface area contributed by atoms with Gasteiger partial charge in [-0.3, -0.25) is 9.78 Å². The SMILES string of the molecule is O=C(N1CCCC(Cc2ccccn2)C1)C1(Cc2ccccc2F)CCOCC1. The smallest absolute Gasteiger partial charge is 0.229 e. The Kier molecular flexibility index (Phi) is 6.24. The van der Waals surface area contributed by atoms with E-state index in [9.17, 15) is 9.18 Å². The highest BCUT2D eigenvalue weighted by atomic mass is 19.1. The number of piperidine rings is 1. The summed E-state index contributed by atoms with van der Waals surface area (Å²) >= 11 is 0. The normalized spacial score (nSPS) is 21.7. The van der Waals surface area contributed by atoms with E-state index in [0.29, 0.717) is 44.0 Å². The van der Waals surface area contributed by atoms with Crippen molar-refractivity contribution < 1.29 is 13.9 Å². The fourth-order valence-electron chi connectivity index (χ4n) is 4.80. The number of hydrogen-bond acceptors (Lipinski definition) is 3. The first-order valence-electron chi connectivity index (χ1n) is 10.7. The summed E-state index contributed by atoms with van der Waals surface area (Å²) in [5, 5.41) is 0. The molecule has 4 nitrogen and oxygen atoms in total. The first-order valence-corrected chi connectivity index (χ1v) is 10.7. The van der Waals surface area contributed by atoms with Crippen LogP contribution in [0.4, 0.5) is 4.39 Å². The standard InChI is InChI=1S/C24H29FN2O2/c25-22-9-2-1-7-20(22)17-24(10-14-29-15-11-24)23(28)27-13-5-6-19(18-27)16-21-8-3-4-12-26-21/h1-4,7-9,12,19H,5-6,10-11,13-18H2. The maximum absolute atomic E-state index is 14.4. The van der Waals surface area contributed by atoms with Crippen molar-refractivity contribution in [2.75, 3.05) is 26.3 Å². The lowest BCUT2D eigenvalue weighted by molar-refractivity contribution is -0.150. The van der Waals surface area contributed by atoms with Gasteiger partial charge in [0.25, 0.3) is 0 Å². The number of aromatic nitrogens is 1. The van der Waals surface area contributed by atoms with E-state index in [0.717, 1.165) is 38.0 Å². The topological polar surface area (TPSA) is 42.4 Å². The van der Waals surface area contributed by atoms with Gasteiger partial charge in [0, 0.05) is 38.2 Å². The highest BCUT2D eigenvalue weighted by Gasteiger charge is 2.43. The van der Waals surface area contributed by atoms with Crippen LogP contribution in [-0.2, 0) is 22.4 Å². The molecule has 0 N–H and O–H groups in total. The molecule has 0 radical (unpaired) electrons. The van der Waals surface area contributed by atoms with Gasteiger partial charge in [-0.25, -0.2) is 4.39 Å². The van der Waals surface area contributed by atoms with Gasteiger partial charge in [-0.05, 0) is 68.2 Å². The van der Waals surface area contributed by atoms with Gasteiger partial charge in [0.1, 0.15) is 5.82 Å². The summed E-state index contributed by atoms with van der Waals surface area (Å²) in [6.07, 6.45) is 6.60. The Bertz CT molecular complexity index is 821. The molecule has 3 heterocycles. The van der Waals surface area contributed by atoms with Crippen LogP contribution in [0.15, 0.2) is 48.7 Å². The summed E-state index contributed by atoms with van der Waals surface area (Å²) in [5.41, 5.74) is 1.15. The second kappa shape index (κ2) is 9.04. The Hall–Kier alpha value is -2.27. The highest BCUT2D eigenvalue weighted by molar-refractivity contribution is 5.83. The van der Waals surface area contributed by atoms with E-state index >= 15 is 0 Å². The van der Waals surface area contributed by atoms with E-state index in [1.807, 2.05) is 29.3 Å². The van der Waals surface area contributed by atoms with E-state index in [1.165, 1.54) is 6.07 Å². The maximum Gasteiger partial charge on any atom is 0.229 e. The average molecular weight is 397 g/mol. The molecule has 0 spiro atoms. The lowest BCUT2D eigenvalue weighted by Gasteiger charge is -2.42. The summed E-state index contributed by atoms with van der Waals surface area (Å²) in [4.78, 5) is 20.2. The molecule has 0 aliphatic carbocycles. The Morgan fingerprint density at radius 2 is 1.97 bits per heavy atom. The molecule has 2 aliphatic heterocycles. The first kappa shape index (κ1) is 20.0. The van der Waals surface area contributed by atoms with Crippen molar-refractivity contribution in [1.29, 1.82) is 0 Å². The number of halogens is 1. The summed E-state index contributed by atoms with van der Waals surface area (Å²) in [6, 6.07) is 12.8. The fraction of sp³-hybridized carbons (Fsp3) is 0.500. The molecule has 1 atom stereocenters. The molecule has 2 aliphatic rings. The van der Waals surface area contributed by atoms with Crippen molar-refractivity contribution in [3.8, 4) is 0 Å². The molecule has 0 bridgehead atoms. The van der Waals surface area contributed by atoms with Crippen molar-refractivity contribution >= 4 is 5.91 Å². The molecule has 4 rings (SSSR count). The highest BCUT2D eigenvalue weighted by Crippen LogP contribution is 2.38. The van der Waals surface area contributed by atoms with Gasteiger partial charge in [0.2, 0.25) is 5.91 Å². The van der Waals surface area contributed by atoms with Crippen LogP contribution in [0.1, 0.15) is 36.9 Å². The van der Waals surface area contributed by atoms with Gasteiger partial charge in [-0.1, -0.05) is 24.3 Å². The van der Waals surface area contributed by atoms with Crippen LogP contribution in [0.25, 0.3) is 0 Å². The Morgan fingerprint density at radius 3 is 2.72 bits per heavy atom. The predicted molar refractivity (Wildman–Crippen MR) is 110 cm³/mol. The monoisotopic (exact) mass is 396 g/mol. The number of pyridine rings is 1. The quantitative estimate of drug-likeness (QED) is 0.766. The van der Waals surface area contributed by atoms with Crippen LogP contribution in [0.5, 0.6) is 0 Å². The summed E-state index contributed by atoms with van der Waals surface area (Å²) in [6.45, 7) is 2.67. The number of likely N-dealkylation sites (tertiary alicyclic amines) is 1. The number of ether oxygens (including phenoxy) is 1. The van der Waals surface area contributed by atoms with Crippen LogP contribution in [0.2, 0.25) is 0 Å². The molecule has 1 unspecified atom stereocenters. The number of hydrogen-bond donors (Lipinski definition) is 0. The third-order valence-electron chi connectivity index (χ3n) is 6.42. The largest absolute Gasteiger partial charge is 0.381 e. The van der Waals surface area contributed by atoms with Gasteiger partial charge < -0.3 is 9.64 Å². The summed E-state index contributed by atoms with van der Waals surface area (Å²) in [7, 11) is 0. The van der Waals surface area contributed by atoms with Gasteiger partial charge in [0.15, 0.2) is 0 Å². The second-order valence-corrected chi connectivity index (χ2v) is 8.45. The fourth-order valence-corrected chi connectivity index (χ4v) is 4.80. The minimum Gasteiger partial charge on any atom is -0.381 e. The summed E-state index contributed by atoms with van der Waals surface area (Å²) in [5.74, 6) is 0.376. The molecule has 5 heteroatoms. The van der Waals surface area contributed by atoms with Crippen LogP contribution < -0.4 is 0 Å². The van der Waals surface area contributed by atoms with Crippen LogP contribution >= 0.6 is 0 Å². The van der Waals surface area contributed by atoms with Crippen LogP contribution in [0.3, 0.4) is 0 Å². The molecule has 1 aromatic carbocycles.